The number of carbonyl (C=O) groups is 3. The van der Waals surface area contributed by atoms with Gasteiger partial charge in [-0.05, 0) is 53.7 Å². The van der Waals surface area contributed by atoms with Gasteiger partial charge in [-0.3, -0.25) is 10.1 Å². The predicted octanol–water partition coefficient (Wildman–Crippen LogP) is 5.22. The van der Waals surface area contributed by atoms with Crippen molar-refractivity contribution in [3.8, 4) is 0 Å². The molecular formula is C26H29N3O5. The number of benzene rings is 2. The Balaban J connectivity index is 1.95. The number of ether oxygens (including phenoxy) is 2. The summed E-state index contributed by atoms with van der Waals surface area (Å²) in [7, 11) is 0. The first-order valence-corrected chi connectivity index (χ1v) is 11.1. The van der Waals surface area contributed by atoms with Crippen LogP contribution < -0.4 is 10.2 Å². The molecule has 2 N–H and O–H groups in total. The topological polar surface area (TPSA) is 101 Å². The minimum atomic E-state index is -1.71. The zero-order valence-electron chi connectivity index (χ0n) is 20.2. The van der Waals surface area contributed by atoms with Crippen LogP contribution in [0.15, 0.2) is 54.7 Å². The molecule has 0 spiro atoms. The number of rotatable bonds is 2. The number of aromatic nitrogens is 1. The number of carbonyl (C=O) groups excluding carboxylic acids is 3. The second-order valence-electron chi connectivity index (χ2n) is 10.3. The van der Waals surface area contributed by atoms with Crippen LogP contribution in [0.3, 0.4) is 0 Å². The van der Waals surface area contributed by atoms with E-state index in [4.69, 9.17) is 9.47 Å². The van der Waals surface area contributed by atoms with E-state index in [2.05, 4.69) is 10.3 Å². The molecule has 178 valence electrons. The Labute approximate surface area is 198 Å². The molecule has 8 heteroatoms. The van der Waals surface area contributed by atoms with Crippen molar-refractivity contribution in [3.63, 3.8) is 0 Å². The standard InChI is InChI=1S/C26H29N3O5/c1-24(2,3)33-22(31)28-26(18-15-27-19-13-9-7-11-16(18)19)17-12-8-10-14-20(17)29(21(26)30)23(32)34-25(4,5)6/h7-15,27H,1-6H3,(H,28,31)/t26-/m0/s1. The Bertz CT molecular complexity index is 1280. The zero-order chi connectivity index (χ0) is 24.9. The third-order valence-corrected chi connectivity index (χ3v) is 5.33. The minimum Gasteiger partial charge on any atom is -0.444 e. The molecule has 8 nitrogen and oxygen atoms in total. The van der Waals surface area contributed by atoms with Gasteiger partial charge < -0.3 is 14.5 Å². The zero-order valence-corrected chi connectivity index (χ0v) is 20.2. The van der Waals surface area contributed by atoms with Gasteiger partial charge in [0.1, 0.15) is 11.2 Å². The number of hydrogen-bond acceptors (Lipinski definition) is 5. The maximum atomic E-state index is 14.2. The fraction of sp³-hybridized carbons (Fsp3) is 0.346. The summed E-state index contributed by atoms with van der Waals surface area (Å²) in [6.45, 7) is 10.4. The molecule has 4 rings (SSSR count). The molecule has 0 saturated heterocycles. The number of aromatic amines is 1. The number of hydrogen-bond donors (Lipinski definition) is 2. The molecule has 0 fully saturated rings. The first kappa shape index (κ1) is 23.4. The largest absolute Gasteiger partial charge is 0.444 e. The van der Waals surface area contributed by atoms with Gasteiger partial charge in [0.05, 0.1) is 5.69 Å². The van der Waals surface area contributed by atoms with Crippen molar-refractivity contribution in [2.75, 3.05) is 4.90 Å². The van der Waals surface area contributed by atoms with E-state index in [1.165, 1.54) is 0 Å². The van der Waals surface area contributed by atoms with Crippen LogP contribution in [-0.2, 0) is 19.8 Å². The molecular weight excluding hydrogens is 434 g/mol. The van der Waals surface area contributed by atoms with E-state index in [0.29, 0.717) is 16.8 Å². The molecule has 3 amide bonds. The molecule has 1 aromatic heterocycles. The van der Waals surface area contributed by atoms with Crippen molar-refractivity contribution in [1.82, 2.24) is 10.3 Å². The first-order valence-electron chi connectivity index (χ1n) is 11.1. The van der Waals surface area contributed by atoms with Crippen LogP contribution in [0.4, 0.5) is 15.3 Å². The van der Waals surface area contributed by atoms with Crippen LogP contribution in [0.1, 0.15) is 52.7 Å². The Kier molecular flexibility index (Phi) is 5.43. The van der Waals surface area contributed by atoms with Gasteiger partial charge in [-0.25, -0.2) is 14.5 Å². The monoisotopic (exact) mass is 463 g/mol. The highest BCUT2D eigenvalue weighted by Crippen LogP contribution is 2.47. The summed E-state index contributed by atoms with van der Waals surface area (Å²) in [5.74, 6) is -0.654. The van der Waals surface area contributed by atoms with Gasteiger partial charge in [-0.2, -0.15) is 0 Å². The maximum Gasteiger partial charge on any atom is 0.421 e. The summed E-state index contributed by atoms with van der Waals surface area (Å²) in [5, 5.41) is 3.55. The molecule has 0 unspecified atom stereocenters. The second kappa shape index (κ2) is 7.90. The lowest BCUT2D eigenvalue weighted by Crippen LogP contribution is -2.56. The van der Waals surface area contributed by atoms with Gasteiger partial charge in [-0.1, -0.05) is 36.4 Å². The number of para-hydroxylation sites is 2. The molecule has 3 aromatic rings. The predicted molar refractivity (Wildman–Crippen MR) is 129 cm³/mol. The lowest BCUT2D eigenvalue weighted by atomic mass is 9.83. The van der Waals surface area contributed by atoms with E-state index < -0.39 is 34.8 Å². The highest BCUT2D eigenvalue weighted by molar-refractivity contribution is 6.23. The normalized spacial score (nSPS) is 18.1. The third kappa shape index (κ3) is 4.00. The van der Waals surface area contributed by atoms with E-state index >= 15 is 0 Å². The highest BCUT2D eigenvalue weighted by atomic mass is 16.6. The molecule has 2 heterocycles. The Morgan fingerprint density at radius 3 is 2.18 bits per heavy atom. The van der Waals surface area contributed by atoms with Gasteiger partial charge in [0.2, 0.25) is 0 Å². The molecule has 2 aromatic carbocycles. The van der Waals surface area contributed by atoms with Crippen LogP contribution in [0.2, 0.25) is 0 Å². The number of nitrogens with zero attached hydrogens (tertiary/aromatic N) is 1. The molecule has 0 radical (unpaired) electrons. The average Bonchev–Trinajstić information content (AvgIpc) is 3.23. The molecule has 1 atom stereocenters. The number of fused-ring (bicyclic) bond motifs is 2. The van der Waals surface area contributed by atoms with Crippen molar-refractivity contribution in [2.45, 2.75) is 58.3 Å². The average molecular weight is 464 g/mol. The van der Waals surface area contributed by atoms with Crippen molar-refractivity contribution in [3.05, 3.63) is 65.9 Å². The van der Waals surface area contributed by atoms with Crippen molar-refractivity contribution in [1.29, 1.82) is 0 Å². The van der Waals surface area contributed by atoms with Gasteiger partial charge in [-0.15, -0.1) is 0 Å². The number of nitrogens with one attached hydrogen (secondary N) is 2. The summed E-state index contributed by atoms with van der Waals surface area (Å²) in [6, 6.07) is 14.3. The molecule has 34 heavy (non-hydrogen) atoms. The van der Waals surface area contributed by atoms with E-state index in [1.54, 1.807) is 72.0 Å². The summed E-state index contributed by atoms with van der Waals surface area (Å²) in [6.07, 6.45) is 0.0691. The molecule has 0 aliphatic carbocycles. The summed E-state index contributed by atoms with van der Waals surface area (Å²) < 4.78 is 11.1. The van der Waals surface area contributed by atoms with Crippen LogP contribution in [0, 0.1) is 0 Å². The lowest BCUT2D eigenvalue weighted by molar-refractivity contribution is -0.122. The van der Waals surface area contributed by atoms with E-state index in [1.807, 2.05) is 24.3 Å². The van der Waals surface area contributed by atoms with Crippen molar-refractivity contribution in [2.24, 2.45) is 0 Å². The summed E-state index contributed by atoms with van der Waals surface area (Å²) >= 11 is 0. The Morgan fingerprint density at radius 1 is 0.882 bits per heavy atom. The Hall–Kier alpha value is -3.81. The fourth-order valence-corrected chi connectivity index (χ4v) is 4.15. The van der Waals surface area contributed by atoms with E-state index in [9.17, 15) is 14.4 Å². The fourth-order valence-electron chi connectivity index (χ4n) is 4.15. The van der Waals surface area contributed by atoms with Crippen LogP contribution in [0.5, 0.6) is 0 Å². The van der Waals surface area contributed by atoms with Crippen molar-refractivity contribution >= 4 is 34.7 Å². The van der Waals surface area contributed by atoms with E-state index in [0.717, 1.165) is 15.8 Å². The van der Waals surface area contributed by atoms with Gasteiger partial charge in [0, 0.05) is 28.2 Å². The summed E-state index contributed by atoms with van der Waals surface area (Å²) in [4.78, 5) is 44.6. The number of anilines is 1. The quantitative estimate of drug-likeness (QED) is 0.543. The maximum absolute atomic E-state index is 14.2. The SMILES string of the molecule is CC(C)(C)OC(=O)N[C@@]1(c2c[nH]c3ccccc23)C(=O)N(C(=O)OC(C)(C)C)c2ccccc21. The molecule has 1 aliphatic heterocycles. The second-order valence-corrected chi connectivity index (χ2v) is 10.3. The van der Waals surface area contributed by atoms with Crippen LogP contribution >= 0.6 is 0 Å². The molecule has 1 aliphatic rings. The molecule has 0 saturated carbocycles. The van der Waals surface area contributed by atoms with Gasteiger partial charge in [0.25, 0.3) is 5.91 Å². The third-order valence-electron chi connectivity index (χ3n) is 5.33. The van der Waals surface area contributed by atoms with Gasteiger partial charge in [0.15, 0.2) is 5.54 Å². The molecule has 0 bridgehead atoms. The Morgan fingerprint density at radius 2 is 1.50 bits per heavy atom. The van der Waals surface area contributed by atoms with E-state index in [-0.39, 0.29) is 0 Å². The number of imide groups is 1. The highest BCUT2D eigenvalue weighted by Gasteiger charge is 2.57. The smallest absolute Gasteiger partial charge is 0.421 e. The number of H-pyrrole nitrogens is 1. The van der Waals surface area contributed by atoms with Gasteiger partial charge >= 0.3 is 12.2 Å². The minimum absolute atomic E-state index is 0.336. The number of amides is 3. The van der Waals surface area contributed by atoms with Crippen LogP contribution in [0.25, 0.3) is 10.9 Å². The summed E-state index contributed by atoms with van der Waals surface area (Å²) in [5.41, 5.74) is -1.27. The van der Waals surface area contributed by atoms with Crippen LogP contribution in [-0.4, -0.2) is 34.3 Å². The first-order chi connectivity index (χ1) is 15.8. The lowest BCUT2D eigenvalue weighted by Gasteiger charge is -2.31. The van der Waals surface area contributed by atoms with Crippen molar-refractivity contribution < 1.29 is 23.9 Å². The number of alkyl carbamates (subject to hydrolysis) is 1.